The number of phosphoric acid groups is 2. The fraction of sp³-hybridized carbons (Fsp3) is 0.941. The quantitative estimate of drug-likeness (QED) is 0.0222. The molecule has 0 aliphatic carbocycles. The third kappa shape index (κ3) is 61.3. The molecule has 6 atom stereocenters. The lowest BCUT2D eigenvalue weighted by Gasteiger charge is -2.21. The summed E-state index contributed by atoms with van der Waals surface area (Å²) in [5, 5.41) is 10.6. The largest absolute Gasteiger partial charge is 0.472 e. The van der Waals surface area contributed by atoms with Crippen LogP contribution < -0.4 is 0 Å². The van der Waals surface area contributed by atoms with E-state index in [9.17, 15) is 43.2 Å². The van der Waals surface area contributed by atoms with Crippen LogP contribution in [0, 0.1) is 17.8 Å². The van der Waals surface area contributed by atoms with Crippen LogP contribution in [0.1, 0.15) is 337 Å². The van der Waals surface area contributed by atoms with Gasteiger partial charge in [0.15, 0.2) is 12.2 Å². The number of carbonyl (C=O) groups excluding carboxylic acids is 4. The number of ether oxygens (including phenoxy) is 4. The van der Waals surface area contributed by atoms with E-state index >= 15 is 0 Å². The van der Waals surface area contributed by atoms with Gasteiger partial charge in [0.05, 0.1) is 26.4 Å². The van der Waals surface area contributed by atoms with E-state index in [1.165, 1.54) is 141 Å². The lowest BCUT2D eigenvalue weighted by Crippen LogP contribution is -2.30. The molecule has 17 nitrogen and oxygen atoms in total. The molecule has 516 valence electrons. The lowest BCUT2D eigenvalue weighted by molar-refractivity contribution is -0.161. The maximum absolute atomic E-state index is 13.0. The second kappa shape index (κ2) is 59.1. The molecule has 87 heavy (non-hydrogen) atoms. The first-order valence-corrected chi connectivity index (χ1v) is 38.4. The first-order chi connectivity index (χ1) is 41.8. The van der Waals surface area contributed by atoms with Crippen molar-refractivity contribution in [2.45, 2.75) is 356 Å². The van der Waals surface area contributed by atoms with Crippen molar-refractivity contribution in [1.29, 1.82) is 0 Å². The van der Waals surface area contributed by atoms with Crippen LogP contribution in [0.2, 0.25) is 0 Å². The molecule has 3 N–H and O–H groups in total. The zero-order valence-electron chi connectivity index (χ0n) is 56.5. The molecule has 19 heteroatoms. The highest BCUT2D eigenvalue weighted by Crippen LogP contribution is 2.45. The zero-order chi connectivity index (χ0) is 64.5. The summed E-state index contributed by atoms with van der Waals surface area (Å²) in [7, 11) is -9.90. The molecule has 0 aromatic rings. The Morgan fingerprint density at radius 3 is 0.874 bits per heavy atom. The molecule has 0 fully saturated rings. The molecule has 0 rings (SSSR count). The fourth-order valence-electron chi connectivity index (χ4n) is 10.2. The first-order valence-electron chi connectivity index (χ1n) is 35.4. The maximum atomic E-state index is 13.0. The minimum Gasteiger partial charge on any atom is -0.462 e. The van der Waals surface area contributed by atoms with E-state index in [-0.39, 0.29) is 25.7 Å². The Morgan fingerprint density at radius 1 is 0.333 bits per heavy atom. The molecule has 0 saturated carbocycles. The van der Waals surface area contributed by atoms with Gasteiger partial charge in [0.25, 0.3) is 0 Å². The predicted octanol–water partition coefficient (Wildman–Crippen LogP) is 19.1. The SMILES string of the molecule is CCCCCCCCCCCCCCCCCCC(=O)O[C@H](COC(=O)CCCCCCCCCCC(C)C)COP(=O)(O)OC[C@@H](O)COP(=O)(O)OC[C@@H](COC(=O)CCCCCCCCC(C)CC)OC(=O)CCCCCCCCCC(C)C. The predicted molar refractivity (Wildman–Crippen MR) is 349 cm³/mol. The second-order valence-electron chi connectivity index (χ2n) is 25.8. The average molecular weight is 1280 g/mol. The monoisotopic (exact) mass is 1280 g/mol. The number of unbranched alkanes of at least 4 members (excludes halogenated alkanes) is 33. The van der Waals surface area contributed by atoms with Crippen LogP contribution in [0.4, 0.5) is 0 Å². The van der Waals surface area contributed by atoms with Crippen molar-refractivity contribution in [3.63, 3.8) is 0 Å². The van der Waals surface area contributed by atoms with Gasteiger partial charge in [-0.1, -0.05) is 286 Å². The van der Waals surface area contributed by atoms with Gasteiger partial charge in [-0.05, 0) is 43.4 Å². The normalized spacial score (nSPS) is 14.6. The Hall–Kier alpha value is -1.94. The van der Waals surface area contributed by atoms with Gasteiger partial charge in [-0.15, -0.1) is 0 Å². The minimum atomic E-state index is -4.95. The number of carbonyl (C=O) groups is 4. The van der Waals surface area contributed by atoms with E-state index in [4.69, 9.17) is 37.0 Å². The molecule has 0 saturated heterocycles. The fourth-order valence-corrected chi connectivity index (χ4v) is 11.7. The van der Waals surface area contributed by atoms with Crippen molar-refractivity contribution in [2.75, 3.05) is 39.6 Å². The number of hydrogen-bond acceptors (Lipinski definition) is 15. The molecule has 0 spiro atoms. The molecule has 0 aromatic carbocycles. The summed E-state index contributed by atoms with van der Waals surface area (Å²) in [6, 6.07) is 0. The topological polar surface area (TPSA) is 237 Å². The Kier molecular flexibility index (Phi) is 57.8. The zero-order valence-corrected chi connectivity index (χ0v) is 58.3. The summed E-state index contributed by atoms with van der Waals surface area (Å²) in [5.41, 5.74) is 0. The third-order valence-corrected chi connectivity index (χ3v) is 17.9. The Labute approximate surface area is 530 Å². The van der Waals surface area contributed by atoms with Crippen molar-refractivity contribution in [1.82, 2.24) is 0 Å². The standard InChI is InChI=1S/C68H132O17P2/c1-8-10-11-12-13-14-15-16-17-18-19-20-21-28-37-44-51-67(72)84-63(55-78-65(70)49-42-35-27-23-22-25-32-39-46-59(3)4)57-82-86(74,75)80-53-62(69)54-81-87(76,77)83-58-64(85-68(73)52-45-38-29-24-26-33-40-47-60(5)6)56-79-66(71)50-43-36-31-30-34-41-48-61(7)9-2/h59-64,69H,8-58H2,1-7H3,(H,74,75)(H,76,77)/t61?,62-,63-,64-/m1/s1. The molecule has 0 heterocycles. The summed E-state index contributed by atoms with van der Waals surface area (Å²) in [5.74, 6) is 0.0203. The van der Waals surface area contributed by atoms with Gasteiger partial charge in [-0.25, -0.2) is 9.13 Å². The summed E-state index contributed by atoms with van der Waals surface area (Å²) in [4.78, 5) is 72.4. The van der Waals surface area contributed by atoms with Crippen LogP contribution in [0.15, 0.2) is 0 Å². The molecule has 0 aliphatic rings. The highest BCUT2D eigenvalue weighted by atomic mass is 31.2. The van der Waals surface area contributed by atoms with E-state index in [0.29, 0.717) is 31.6 Å². The van der Waals surface area contributed by atoms with E-state index in [1.54, 1.807) is 0 Å². The van der Waals surface area contributed by atoms with Gasteiger partial charge < -0.3 is 33.8 Å². The summed E-state index contributed by atoms with van der Waals surface area (Å²) in [6.07, 6.45) is 41.9. The molecule has 0 aromatic heterocycles. The van der Waals surface area contributed by atoms with E-state index < -0.39 is 97.5 Å². The molecule has 0 bridgehead atoms. The summed E-state index contributed by atoms with van der Waals surface area (Å²) < 4.78 is 68.2. The summed E-state index contributed by atoms with van der Waals surface area (Å²) >= 11 is 0. The van der Waals surface area contributed by atoms with Crippen LogP contribution in [0.25, 0.3) is 0 Å². The average Bonchev–Trinajstić information content (AvgIpc) is 3.69. The number of esters is 4. The van der Waals surface area contributed by atoms with E-state index in [1.807, 2.05) is 0 Å². The first kappa shape index (κ1) is 85.1. The van der Waals surface area contributed by atoms with Crippen molar-refractivity contribution in [2.24, 2.45) is 17.8 Å². The molecule has 0 amide bonds. The van der Waals surface area contributed by atoms with Crippen molar-refractivity contribution in [3.8, 4) is 0 Å². The van der Waals surface area contributed by atoms with Crippen molar-refractivity contribution < 1.29 is 80.2 Å². The van der Waals surface area contributed by atoms with Crippen LogP contribution >= 0.6 is 15.6 Å². The second-order valence-corrected chi connectivity index (χ2v) is 28.7. The van der Waals surface area contributed by atoms with Gasteiger partial charge in [0, 0.05) is 25.7 Å². The van der Waals surface area contributed by atoms with Crippen LogP contribution in [0.3, 0.4) is 0 Å². The van der Waals surface area contributed by atoms with Crippen molar-refractivity contribution in [3.05, 3.63) is 0 Å². The Balaban J connectivity index is 5.24. The summed E-state index contributed by atoms with van der Waals surface area (Å²) in [6.45, 7) is 11.7. The van der Waals surface area contributed by atoms with Gasteiger partial charge in [-0.3, -0.25) is 37.3 Å². The number of phosphoric ester groups is 2. The molecule has 0 radical (unpaired) electrons. The highest BCUT2D eigenvalue weighted by Gasteiger charge is 2.30. The van der Waals surface area contributed by atoms with Crippen LogP contribution in [0.5, 0.6) is 0 Å². The number of hydrogen-bond donors (Lipinski definition) is 3. The van der Waals surface area contributed by atoms with Gasteiger partial charge in [0.2, 0.25) is 0 Å². The minimum absolute atomic E-state index is 0.102. The number of aliphatic hydroxyl groups excluding tert-OH is 1. The Bertz CT molecular complexity index is 1720. The van der Waals surface area contributed by atoms with E-state index in [2.05, 4.69) is 48.5 Å². The lowest BCUT2D eigenvalue weighted by atomic mass is 10.00. The van der Waals surface area contributed by atoms with Crippen molar-refractivity contribution >= 4 is 39.5 Å². The van der Waals surface area contributed by atoms with Crippen LogP contribution in [-0.4, -0.2) is 96.7 Å². The molecular formula is C68H132O17P2. The van der Waals surface area contributed by atoms with Gasteiger partial charge in [-0.2, -0.15) is 0 Å². The molecule has 0 aliphatic heterocycles. The number of aliphatic hydroxyl groups is 1. The third-order valence-electron chi connectivity index (χ3n) is 16.0. The number of rotatable bonds is 66. The van der Waals surface area contributed by atoms with E-state index in [0.717, 1.165) is 108 Å². The van der Waals surface area contributed by atoms with Gasteiger partial charge >= 0.3 is 39.5 Å². The maximum Gasteiger partial charge on any atom is 0.472 e. The van der Waals surface area contributed by atoms with Crippen LogP contribution in [-0.2, 0) is 65.4 Å². The Morgan fingerprint density at radius 2 is 0.586 bits per heavy atom. The highest BCUT2D eigenvalue weighted by molar-refractivity contribution is 7.47. The molecule has 3 unspecified atom stereocenters. The van der Waals surface area contributed by atoms with Gasteiger partial charge in [0.1, 0.15) is 19.3 Å². The smallest absolute Gasteiger partial charge is 0.462 e. The molecular weight excluding hydrogens is 1150 g/mol.